The minimum absolute atomic E-state index is 0.00267. The van der Waals surface area contributed by atoms with E-state index in [9.17, 15) is 8.42 Å². The van der Waals surface area contributed by atoms with Gasteiger partial charge in [0.1, 0.15) is 4.90 Å². The van der Waals surface area contributed by atoms with Gasteiger partial charge in [0.05, 0.1) is 18.1 Å². The standard InChI is InChI=1S/C10H8BrClN4O2S/c11-8-2-1-6(12)3-9(8)16-19(17,18)7-4-14-10(13)15-5-7/h1-5,16H,(H2,13,14,15). The van der Waals surface area contributed by atoms with Gasteiger partial charge in [-0.05, 0) is 34.1 Å². The lowest BCUT2D eigenvalue weighted by molar-refractivity contribution is 0.600. The summed E-state index contributed by atoms with van der Waals surface area (Å²) in [5, 5.41) is 0.412. The van der Waals surface area contributed by atoms with E-state index in [1.165, 1.54) is 6.07 Å². The van der Waals surface area contributed by atoms with Crippen molar-refractivity contribution in [2.75, 3.05) is 10.5 Å². The smallest absolute Gasteiger partial charge is 0.265 e. The molecule has 0 aliphatic heterocycles. The highest BCUT2D eigenvalue weighted by molar-refractivity contribution is 9.10. The lowest BCUT2D eigenvalue weighted by Crippen LogP contribution is -2.14. The Morgan fingerprint density at radius 3 is 2.53 bits per heavy atom. The van der Waals surface area contributed by atoms with E-state index < -0.39 is 10.0 Å². The molecule has 0 fully saturated rings. The number of hydrogen-bond donors (Lipinski definition) is 2. The molecule has 1 aromatic carbocycles. The maximum atomic E-state index is 12.1. The predicted octanol–water partition coefficient (Wildman–Crippen LogP) is 2.28. The number of hydrogen-bond acceptors (Lipinski definition) is 5. The van der Waals surface area contributed by atoms with Gasteiger partial charge in [0, 0.05) is 9.50 Å². The number of nitrogen functional groups attached to an aromatic ring is 1. The molecule has 0 aliphatic carbocycles. The van der Waals surface area contributed by atoms with Crippen LogP contribution in [0.5, 0.6) is 0 Å². The molecule has 100 valence electrons. The third-order valence-electron chi connectivity index (χ3n) is 2.13. The summed E-state index contributed by atoms with van der Waals surface area (Å²) in [4.78, 5) is 7.18. The third-order valence-corrected chi connectivity index (χ3v) is 4.38. The van der Waals surface area contributed by atoms with E-state index in [0.29, 0.717) is 15.2 Å². The zero-order valence-electron chi connectivity index (χ0n) is 9.34. The predicted molar refractivity (Wildman–Crippen MR) is 76.4 cm³/mol. The Kier molecular flexibility index (Phi) is 3.93. The zero-order valence-corrected chi connectivity index (χ0v) is 12.5. The van der Waals surface area contributed by atoms with Crippen molar-refractivity contribution in [2.24, 2.45) is 0 Å². The Balaban J connectivity index is 2.36. The molecule has 0 saturated heterocycles. The molecule has 6 nitrogen and oxygen atoms in total. The number of nitrogens with one attached hydrogen (secondary N) is 1. The number of aromatic nitrogens is 2. The fourth-order valence-electron chi connectivity index (χ4n) is 1.24. The largest absolute Gasteiger partial charge is 0.368 e. The Labute approximate surface area is 123 Å². The molecule has 0 atom stereocenters. The Morgan fingerprint density at radius 2 is 1.89 bits per heavy atom. The van der Waals surface area contributed by atoms with Crippen LogP contribution in [-0.2, 0) is 10.0 Å². The lowest BCUT2D eigenvalue weighted by atomic mass is 10.3. The van der Waals surface area contributed by atoms with Crippen LogP contribution in [0.15, 0.2) is 40.0 Å². The summed E-state index contributed by atoms with van der Waals surface area (Å²) in [6, 6.07) is 4.76. The first kappa shape index (κ1) is 14.0. The van der Waals surface area contributed by atoms with Crippen molar-refractivity contribution in [2.45, 2.75) is 4.90 Å². The summed E-state index contributed by atoms with van der Waals surface area (Å²) in [6.45, 7) is 0. The number of halogens is 2. The summed E-state index contributed by atoms with van der Waals surface area (Å²) in [5.74, 6) is 0.00267. The van der Waals surface area contributed by atoms with E-state index in [-0.39, 0.29) is 10.8 Å². The van der Waals surface area contributed by atoms with E-state index in [2.05, 4.69) is 30.6 Å². The van der Waals surface area contributed by atoms with Gasteiger partial charge in [-0.1, -0.05) is 11.6 Å². The summed E-state index contributed by atoms with van der Waals surface area (Å²) in [7, 11) is -3.79. The second kappa shape index (κ2) is 5.32. The summed E-state index contributed by atoms with van der Waals surface area (Å²) in [6.07, 6.45) is 2.26. The fraction of sp³-hybridized carbons (Fsp3) is 0. The zero-order chi connectivity index (χ0) is 14.0. The normalized spacial score (nSPS) is 11.3. The molecular weight excluding hydrogens is 356 g/mol. The van der Waals surface area contributed by atoms with Gasteiger partial charge in [-0.2, -0.15) is 0 Å². The van der Waals surface area contributed by atoms with E-state index in [1.807, 2.05) is 0 Å². The minimum Gasteiger partial charge on any atom is -0.368 e. The first-order valence-corrected chi connectivity index (χ1v) is 7.59. The van der Waals surface area contributed by atoms with Gasteiger partial charge in [0.2, 0.25) is 5.95 Å². The van der Waals surface area contributed by atoms with Crippen LogP contribution in [0.25, 0.3) is 0 Å². The summed E-state index contributed by atoms with van der Waals surface area (Å²) in [5.41, 5.74) is 5.63. The number of nitrogens with zero attached hydrogens (tertiary/aromatic N) is 2. The van der Waals surface area contributed by atoms with Crippen LogP contribution in [0, 0.1) is 0 Å². The van der Waals surface area contributed by atoms with Crippen LogP contribution < -0.4 is 10.5 Å². The Hall–Kier alpha value is -1.38. The van der Waals surface area contributed by atoms with Crippen LogP contribution in [0.3, 0.4) is 0 Å². The van der Waals surface area contributed by atoms with Gasteiger partial charge >= 0.3 is 0 Å². The van der Waals surface area contributed by atoms with Crippen molar-refractivity contribution in [1.29, 1.82) is 0 Å². The second-order valence-electron chi connectivity index (χ2n) is 3.51. The number of rotatable bonds is 3. The number of anilines is 2. The van der Waals surface area contributed by atoms with Crippen molar-refractivity contribution in [1.82, 2.24) is 9.97 Å². The minimum atomic E-state index is -3.79. The van der Waals surface area contributed by atoms with Crippen molar-refractivity contribution in [3.63, 3.8) is 0 Å². The SMILES string of the molecule is Nc1ncc(S(=O)(=O)Nc2cc(Cl)ccc2Br)cn1. The molecule has 0 saturated carbocycles. The molecule has 1 aromatic heterocycles. The van der Waals surface area contributed by atoms with Crippen LogP contribution in [0.1, 0.15) is 0 Å². The average molecular weight is 364 g/mol. The summed E-state index contributed by atoms with van der Waals surface area (Å²) < 4.78 is 27.1. The van der Waals surface area contributed by atoms with E-state index in [0.717, 1.165) is 12.4 Å². The lowest BCUT2D eigenvalue weighted by Gasteiger charge is -2.09. The molecule has 3 N–H and O–H groups in total. The van der Waals surface area contributed by atoms with Crippen LogP contribution in [0.2, 0.25) is 5.02 Å². The van der Waals surface area contributed by atoms with Crippen LogP contribution in [-0.4, -0.2) is 18.4 Å². The van der Waals surface area contributed by atoms with Gasteiger partial charge in [-0.15, -0.1) is 0 Å². The molecule has 0 bridgehead atoms. The highest BCUT2D eigenvalue weighted by Crippen LogP contribution is 2.27. The van der Waals surface area contributed by atoms with Crippen molar-refractivity contribution in [3.8, 4) is 0 Å². The number of benzene rings is 1. The molecule has 2 aromatic rings. The fourth-order valence-corrected chi connectivity index (χ4v) is 2.85. The molecule has 9 heteroatoms. The van der Waals surface area contributed by atoms with Crippen molar-refractivity contribution >= 4 is 49.2 Å². The second-order valence-corrected chi connectivity index (χ2v) is 6.48. The van der Waals surface area contributed by atoms with Gasteiger partial charge in [-0.25, -0.2) is 18.4 Å². The third kappa shape index (κ3) is 3.34. The highest BCUT2D eigenvalue weighted by Gasteiger charge is 2.16. The molecule has 0 aliphatic rings. The topological polar surface area (TPSA) is 98.0 Å². The molecular formula is C10H8BrClN4O2S. The molecule has 0 radical (unpaired) electrons. The summed E-state index contributed by atoms with van der Waals surface area (Å²) >= 11 is 9.05. The molecule has 0 spiro atoms. The van der Waals surface area contributed by atoms with Crippen LogP contribution >= 0.6 is 27.5 Å². The van der Waals surface area contributed by atoms with Gasteiger partial charge in [0.25, 0.3) is 10.0 Å². The van der Waals surface area contributed by atoms with Gasteiger partial charge < -0.3 is 5.73 Å². The monoisotopic (exact) mass is 362 g/mol. The first-order valence-electron chi connectivity index (χ1n) is 4.94. The van der Waals surface area contributed by atoms with Crippen molar-refractivity contribution in [3.05, 3.63) is 40.1 Å². The van der Waals surface area contributed by atoms with E-state index >= 15 is 0 Å². The maximum Gasteiger partial charge on any atom is 0.265 e. The highest BCUT2D eigenvalue weighted by atomic mass is 79.9. The van der Waals surface area contributed by atoms with Gasteiger partial charge in [-0.3, -0.25) is 4.72 Å². The van der Waals surface area contributed by atoms with Gasteiger partial charge in [0.15, 0.2) is 0 Å². The number of nitrogens with two attached hydrogens (primary N) is 1. The number of sulfonamides is 1. The first-order chi connectivity index (χ1) is 8.88. The average Bonchev–Trinajstić information content (AvgIpc) is 2.34. The molecule has 0 amide bonds. The Morgan fingerprint density at radius 1 is 1.26 bits per heavy atom. The molecule has 0 unspecified atom stereocenters. The molecule has 19 heavy (non-hydrogen) atoms. The molecule has 1 heterocycles. The maximum absolute atomic E-state index is 12.1. The molecule has 2 rings (SSSR count). The quantitative estimate of drug-likeness (QED) is 0.871. The van der Waals surface area contributed by atoms with Crippen molar-refractivity contribution < 1.29 is 8.42 Å². The Bertz CT molecular complexity index is 706. The van der Waals surface area contributed by atoms with Crippen LogP contribution in [0.4, 0.5) is 11.6 Å². The van der Waals surface area contributed by atoms with E-state index in [4.69, 9.17) is 17.3 Å². The van der Waals surface area contributed by atoms with E-state index in [1.54, 1.807) is 12.1 Å².